The van der Waals surface area contributed by atoms with Crippen LogP contribution in [0.1, 0.15) is 115 Å². The van der Waals surface area contributed by atoms with Crippen molar-refractivity contribution in [2.24, 2.45) is 5.41 Å². The normalized spacial score (nSPS) is 17.8. The van der Waals surface area contributed by atoms with Gasteiger partial charge in [-0.05, 0) is 93.9 Å². The van der Waals surface area contributed by atoms with Crippen LogP contribution in [0.4, 0.5) is 0 Å². The maximum absolute atomic E-state index is 10.8. The molecule has 0 unspecified atom stereocenters. The molecule has 1 heterocycles. The molecule has 0 spiro atoms. The molecule has 3 rings (SSSR count). The van der Waals surface area contributed by atoms with E-state index in [9.17, 15) is 5.11 Å². The van der Waals surface area contributed by atoms with Gasteiger partial charge in [0.2, 0.25) is 0 Å². The van der Waals surface area contributed by atoms with Crippen LogP contribution in [0.3, 0.4) is 0 Å². The number of aliphatic hydroxyl groups is 1. The third-order valence-electron chi connectivity index (χ3n) is 9.98. The van der Waals surface area contributed by atoms with Crippen molar-refractivity contribution in [1.29, 1.82) is 0 Å². The molecular formula is C33H51BO3. The van der Waals surface area contributed by atoms with Crippen LogP contribution in [0.25, 0.3) is 0 Å². The van der Waals surface area contributed by atoms with E-state index in [1.165, 1.54) is 27.8 Å². The first kappa shape index (κ1) is 29.9. The van der Waals surface area contributed by atoms with Crippen molar-refractivity contribution in [3.05, 3.63) is 64.2 Å². The zero-order valence-electron chi connectivity index (χ0n) is 25.3. The summed E-state index contributed by atoms with van der Waals surface area (Å²) >= 11 is 0. The summed E-state index contributed by atoms with van der Waals surface area (Å²) < 4.78 is 12.7. The van der Waals surface area contributed by atoms with Crippen LogP contribution >= 0.6 is 0 Å². The Labute approximate surface area is 227 Å². The Kier molecular flexibility index (Phi) is 9.10. The molecule has 2 aromatic rings. The summed E-state index contributed by atoms with van der Waals surface area (Å²) in [6.07, 6.45) is 5.40. The Morgan fingerprint density at radius 1 is 0.838 bits per heavy atom. The second-order valence-electron chi connectivity index (χ2n) is 12.6. The van der Waals surface area contributed by atoms with Crippen LogP contribution in [0.2, 0.25) is 0 Å². The minimum atomic E-state index is -0.558. The zero-order chi connectivity index (χ0) is 27.6. The standard InChI is InChI=1S/C33H51BO3/c1-11-32(35,12-2)20-19-26-15-16-27(21-24(26)5)33(13-3,14-4)28-17-18-29(25(6)22-28)34-36-23-30(7,8)31(9,10)37-34/h15-18,21-22,35H,11-14,19-20,23H2,1-10H3. The summed E-state index contributed by atoms with van der Waals surface area (Å²) in [7, 11) is -0.332. The number of hydrogen-bond donors (Lipinski definition) is 1. The Balaban J connectivity index is 1.91. The summed E-state index contributed by atoms with van der Waals surface area (Å²) in [5.74, 6) is 0. The van der Waals surface area contributed by atoms with Gasteiger partial charge in [0.1, 0.15) is 0 Å². The van der Waals surface area contributed by atoms with Gasteiger partial charge in [0.05, 0.1) is 11.2 Å². The first-order valence-electron chi connectivity index (χ1n) is 14.5. The topological polar surface area (TPSA) is 38.7 Å². The van der Waals surface area contributed by atoms with Crippen molar-refractivity contribution in [2.45, 2.75) is 124 Å². The van der Waals surface area contributed by atoms with Gasteiger partial charge in [0, 0.05) is 17.4 Å². The number of rotatable bonds is 10. The van der Waals surface area contributed by atoms with E-state index >= 15 is 0 Å². The molecule has 0 saturated carbocycles. The van der Waals surface area contributed by atoms with Crippen molar-refractivity contribution in [3.63, 3.8) is 0 Å². The van der Waals surface area contributed by atoms with E-state index in [0.29, 0.717) is 6.61 Å². The minimum Gasteiger partial charge on any atom is -0.407 e. The van der Waals surface area contributed by atoms with Crippen molar-refractivity contribution >= 4 is 12.6 Å². The molecule has 3 nitrogen and oxygen atoms in total. The molecule has 1 saturated heterocycles. The predicted octanol–water partition coefficient (Wildman–Crippen LogP) is 7.44. The molecule has 0 bridgehead atoms. The first-order valence-corrected chi connectivity index (χ1v) is 14.5. The fraction of sp³-hybridized carbons (Fsp3) is 0.636. The second-order valence-corrected chi connectivity index (χ2v) is 12.6. The molecule has 1 aliphatic rings. The van der Waals surface area contributed by atoms with Crippen LogP contribution in [0.15, 0.2) is 36.4 Å². The Hall–Kier alpha value is -1.62. The average molecular weight is 507 g/mol. The average Bonchev–Trinajstić information content (AvgIpc) is 2.86. The van der Waals surface area contributed by atoms with Crippen LogP contribution in [-0.2, 0) is 21.1 Å². The molecule has 0 amide bonds. The zero-order valence-corrected chi connectivity index (χ0v) is 25.3. The van der Waals surface area contributed by atoms with Gasteiger partial charge in [-0.1, -0.05) is 83.5 Å². The molecule has 4 heteroatoms. The smallest absolute Gasteiger partial charge is 0.407 e. The predicted molar refractivity (Wildman–Crippen MR) is 158 cm³/mol. The SMILES string of the molecule is CCC(O)(CC)CCc1ccc(C(CC)(CC)c2ccc(B3OCC(C)(C)C(C)(C)O3)c(C)c2)cc1C. The quantitative estimate of drug-likeness (QED) is 0.341. The van der Waals surface area contributed by atoms with E-state index in [-0.39, 0.29) is 23.5 Å². The third kappa shape index (κ3) is 5.87. The van der Waals surface area contributed by atoms with Gasteiger partial charge in [-0.3, -0.25) is 0 Å². The van der Waals surface area contributed by atoms with E-state index in [4.69, 9.17) is 9.31 Å². The molecular weight excluding hydrogens is 455 g/mol. The molecule has 204 valence electrons. The molecule has 0 atom stereocenters. The first-order chi connectivity index (χ1) is 17.3. The highest BCUT2D eigenvalue weighted by Crippen LogP contribution is 2.41. The lowest BCUT2D eigenvalue weighted by Crippen LogP contribution is -2.58. The Morgan fingerprint density at radius 3 is 1.89 bits per heavy atom. The van der Waals surface area contributed by atoms with Crippen LogP contribution in [0, 0.1) is 19.3 Å². The van der Waals surface area contributed by atoms with Gasteiger partial charge >= 0.3 is 7.12 Å². The van der Waals surface area contributed by atoms with Crippen molar-refractivity contribution in [2.75, 3.05) is 6.61 Å². The summed E-state index contributed by atoms with van der Waals surface area (Å²) in [5.41, 5.74) is 6.83. The highest BCUT2D eigenvalue weighted by molar-refractivity contribution is 6.62. The van der Waals surface area contributed by atoms with Gasteiger partial charge in [-0.15, -0.1) is 0 Å². The summed E-state index contributed by atoms with van der Waals surface area (Å²) in [6.45, 7) is 22.6. The van der Waals surface area contributed by atoms with Crippen molar-refractivity contribution < 1.29 is 14.4 Å². The van der Waals surface area contributed by atoms with Gasteiger partial charge in [0.25, 0.3) is 0 Å². The maximum Gasteiger partial charge on any atom is 0.494 e. The molecule has 1 N–H and O–H groups in total. The molecule has 37 heavy (non-hydrogen) atoms. The van der Waals surface area contributed by atoms with Crippen molar-refractivity contribution in [1.82, 2.24) is 0 Å². The van der Waals surface area contributed by atoms with E-state index < -0.39 is 5.60 Å². The van der Waals surface area contributed by atoms with Crippen LogP contribution in [-0.4, -0.2) is 30.0 Å². The highest BCUT2D eigenvalue weighted by Gasteiger charge is 2.47. The largest absolute Gasteiger partial charge is 0.494 e. The van der Waals surface area contributed by atoms with E-state index in [1.807, 2.05) is 0 Å². The fourth-order valence-electron chi connectivity index (χ4n) is 5.79. The lowest BCUT2D eigenvalue weighted by molar-refractivity contribution is -0.0937. The maximum atomic E-state index is 10.8. The third-order valence-corrected chi connectivity index (χ3v) is 9.98. The van der Waals surface area contributed by atoms with Crippen LogP contribution < -0.4 is 5.46 Å². The summed E-state index contributed by atoms with van der Waals surface area (Å²) in [5, 5.41) is 10.8. The number of aryl methyl sites for hydroxylation is 3. The molecule has 0 radical (unpaired) electrons. The minimum absolute atomic E-state index is 0.0350. The molecule has 1 fully saturated rings. The molecule has 1 aliphatic heterocycles. The summed E-state index contributed by atoms with van der Waals surface area (Å²) in [4.78, 5) is 0. The molecule has 0 aliphatic carbocycles. The Bertz CT molecular complexity index is 1060. The number of benzene rings is 2. The Morgan fingerprint density at radius 2 is 1.41 bits per heavy atom. The van der Waals surface area contributed by atoms with E-state index in [1.54, 1.807) is 0 Å². The van der Waals surface area contributed by atoms with Crippen LogP contribution in [0.5, 0.6) is 0 Å². The molecule has 0 aromatic heterocycles. The van der Waals surface area contributed by atoms with Gasteiger partial charge in [-0.2, -0.15) is 0 Å². The molecule has 2 aromatic carbocycles. The van der Waals surface area contributed by atoms with Crippen molar-refractivity contribution in [3.8, 4) is 0 Å². The number of hydrogen-bond acceptors (Lipinski definition) is 3. The lowest BCUT2D eigenvalue weighted by atomic mass is 9.65. The highest BCUT2D eigenvalue weighted by atomic mass is 16.6. The van der Waals surface area contributed by atoms with E-state index in [2.05, 4.69) is 106 Å². The van der Waals surface area contributed by atoms with Gasteiger partial charge in [-0.25, -0.2) is 0 Å². The monoisotopic (exact) mass is 506 g/mol. The fourth-order valence-corrected chi connectivity index (χ4v) is 5.79. The second kappa shape index (κ2) is 11.2. The lowest BCUT2D eigenvalue weighted by Gasteiger charge is -2.47. The van der Waals surface area contributed by atoms with E-state index in [0.717, 1.165) is 44.0 Å². The van der Waals surface area contributed by atoms with Gasteiger partial charge in [0.15, 0.2) is 0 Å². The van der Waals surface area contributed by atoms with Gasteiger partial charge < -0.3 is 14.4 Å². The summed E-state index contributed by atoms with van der Waals surface area (Å²) in [6, 6.07) is 13.9.